The van der Waals surface area contributed by atoms with Gasteiger partial charge < -0.3 is 10.4 Å². The fourth-order valence-electron chi connectivity index (χ4n) is 1.75. The van der Waals surface area contributed by atoms with Crippen molar-refractivity contribution < 1.29 is 5.11 Å². The van der Waals surface area contributed by atoms with Crippen molar-refractivity contribution in [2.75, 3.05) is 18.5 Å². The van der Waals surface area contributed by atoms with Crippen molar-refractivity contribution in [3.63, 3.8) is 0 Å². The molecular weight excluding hydrogens is 262 g/mol. The van der Waals surface area contributed by atoms with Gasteiger partial charge in [0.2, 0.25) is 0 Å². The van der Waals surface area contributed by atoms with Gasteiger partial charge in [-0.25, -0.2) is 4.98 Å². The van der Waals surface area contributed by atoms with Gasteiger partial charge in [-0.2, -0.15) is 0 Å². The summed E-state index contributed by atoms with van der Waals surface area (Å²) in [5.41, 5.74) is 0.979. The molecule has 0 aromatic carbocycles. The zero-order valence-corrected chi connectivity index (χ0v) is 11.2. The molecule has 0 amide bonds. The number of aromatic nitrogens is 2. The molecule has 2 aromatic heterocycles. The van der Waals surface area contributed by atoms with Crippen molar-refractivity contribution in [3.05, 3.63) is 53.4 Å². The Morgan fingerprint density at radius 1 is 1.21 bits per heavy atom. The van der Waals surface area contributed by atoms with E-state index in [1.807, 2.05) is 24.3 Å². The Hall–Kier alpha value is -1.65. The average molecular weight is 278 g/mol. The van der Waals surface area contributed by atoms with Gasteiger partial charge in [0, 0.05) is 37.2 Å². The van der Waals surface area contributed by atoms with Crippen molar-refractivity contribution in [1.29, 1.82) is 0 Å². The van der Waals surface area contributed by atoms with Gasteiger partial charge in [0.05, 0.1) is 5.02 Å². The van der Waals surface area contributed by atoms with Crippen LogP contribution < -0.4 is 5.32 Å². The highest BCUT2D eigenvalue weighted by Crippen LogP contribution is 2.11. The van der Waals surface area contributed by atoms with Gasteiger partial charge in [0.1, 0.15) is 5.82 Å². The van der Waals surface area contributed by atoms with Crippen LogP contribution in [-0.4, -0.2) is 28.2 Å². The molecule has 0 bridgehead atoms. The summed E-state index contributed by atoms with van der Waals surface area (Å²) in [6.07, 6.45) is 4.09. The van der Waals surface area contributed by atoms with E-state index in [1.54, 1.807) is 18.5 Å². The zero-order valence-electron chi connectivity index (χ0n) is 10.5. The second kappa shape index (κ2) is 7.07. The van der Waals surface area contributed by atoms with E-state index in [-0.39, 0.29) is 12.5 Å². The summed E-state index contributed by atoms with van der Waals surface area (Å²) in [4.78, 5) is 8.41. The number of rotatable bonds is 6. The van der Waals surface area contributed by atoms with Crippen LogP contribution in [0, 0.1) is 5.92 Å². The van der Waals surface area contributed by atoms with E-state index < -0.39 is 0 Å². The lowest BCUT2D eigenvalue weighted by Crippen LogP contribution is -2.21. The molecule has 0 fully saturated rings. The molecule has 0 radical (unpaired) electrons. The molecule has 19 heavy (non-hydrogen) atoms. The second-order valence-corrected chi connectivity index (χ2v) is 4.75. The predicted octanol–water partition coefficient (Wildman–Crippen LogP) is 2.39. The third-order valence-corrected chi connectivity index (χ3v) is 3.00. The summed E-state index contributed by atoms with van der Waals surface area (Å²) in [5, 5.41) is 13.2. The maximum Gasteiger partial charge on any atom is 0.125 e. The number of halogens is 1. The Bertz CT molecular complexity index is 490. The van der Waals surface area contributed by atoms with Crippen LogP contribution in [0.1, 0.15) is 5.69 Å². The quantitative estimate of drug-likeness (QED) is 0.851. The molecule has 100 valence electrons. The van der Waals surface area contributed by atoms with Gasteiger partial charge in [0.25, 0.3) is 0 Å². The van der Waals surface area contributed by atoms with E-state index in [0.29, 0.717) is 11.6 Å². The van der Waals surface area contributed by atoms with Crippen LogP contribution in [0.25, 0.3) is 0 Å². The van der Waals surface area contributed by atoms with Crippen molar-refractivity contribution in [2.24, 2.45) is 5.92 Å². The summed E-state index contributed by atoms with van der Waals surface area (Å²) in [7, 11) is 0. The van der Waals surface area contributed by atoms with E-state index in [4.69, 9.17) is 11.6 Å². The molecule has 1 unspecified atom stereocenters. The van der Waals surface area contributed by atoms with Gasteiger partial charge in [-0.15, -0.1) is 0 Å². The summed E-state index contributed by atoms with van der Waals surface area (Å²) in [5.74, 6) is 0.858. The predicted molar refractivity (Wildman–Crippen MR) is 76.3 cm³/mol. The number of nitrogens with one attached hydrogen (secondary N) is 1. The lowest BCUT2D eigenvalue weighted by Gasteiger charge is -2.15. The Kier molecular flexibility index (Phi) is 5.12. The van der Waals surface area contributed by atoms with Crippen molar-refractivity contribution in [1.82, 2.24) is 9.97 Å². The Morgan fingerprint density at radius 2 is 2.11 bits per heavy atom. The number of anilines is 1. The normalized spacial score (nSPS) is 12.1. The lowest BCUT2D eigenvalue weighted by atomic mass is 10.0. The SMILES string of the molecule is OCC(CNc1ccc(Cl)cn1)Cc1ccccn1. The minimum atomic E-state index is 0.104. The van der Waals surface area contributed by atoms with Gasteiger partial charge in [-0.1, -0.05) is 17.7 Å². The van der Waals surface area contributed by atoms with Crippen LogP contribution >= 0.6 is 11.6 Å². The standard InChI is InChI=1S/C14H16ClN3O/c15-12-4-5-14(18-9-12)17-8-11(10-19)7-13-3-1-2-6-16-13/h1-6,9,11,19H,7-8,10H2,(H,17,18). The van der Waals surface area contributed by atoms with Crippen LogP contribution in [0.3, 0.4) is 0 Å². The van der Waals surface area contributed by atoms with Gasteiger partial charge in [-0.05, 0) is 30.7 Å². The Morgan fingerprint density at radius 3 is 2.74 bits per heavy atom. The number of aliphatic hydroxyl groups is 1. The van der Waals surface area contributed by atoms with Gasteiger partial charge in [0.15, 0.2) is 0 Å². The first-order chi connectivity index (χ1) is 9.28. The molecule has 0 saturated carbocycles. The monoisotopic (exact) mass is 277 g/mol. The first-order valence-electron chi connectivity index (χ1n) is 6.14. The number of nitrogens with zero attached hydrogens (tertiary/aromatic N) is 2. The third kappa shape index (κ3) is 4.50. The largest absolute Gasteiger partial charge is 0.396 e. The molecular formula is C14H16ClN3O. The highest BCUT2D eigenvalue weighted by atomic mass is 35.5. The maximum absolute atomic E-state index is 9.40. The smallest absolute Gasteiger partial charge is 0.125 e. The molecule has 1 atom stereocenters. The fraction of sp³-hybridized carbons (Fsp3) is 0.286. The van der Waals surface area contributed by atoms with Crippen LogP contribution in [-0.2, 0) is 6.42 Å². The minimum Gasteiger partial charge on any atom is -0.396 e. The molecule has 0 saturated heterocycles. The molecule has 0 aliphatic heterocycles. The second-order valence-electron chi connectivity index (χ2n) is 4.32. The molecule has 2 N–H and O–H groups in total. The maximum atomic E-state index is 9.40. The molecule has 2 rings (SSSR count). The third-order valence-electron chi connectivity index (χ3n) is 2.78. The van der Waals surface area contributed by atoms with Crippen LogP contribution in [0.2, 0.25) is 5.02 Å². The van der Waals surface area contributed by atoms with E-state index in [2.05, 4.69) is 15.3 Å². The molecule has 2 aromatic rings. The van der Waals surface area contributed by atoms with Crippen molar-refractivity contribution in [2.45, 2.75) is 6.42 Å². The van der Waals surface area contributed by atoms with Crippen LogP contribution in [0.5, 0.6) is 0 Å². The van der Waals surface area contributed by atoms with Gasteiger partial charge in [-0.3, -0.25) is 4.98 Å². The van der Waals surface area contributed by atoms with Crippen molar-refractivity contribution >= 4 is 17.4 Å². The molecule has 4 nitrogen and oxygen atoms in total. The highest BCUT2D eigenvalue weighted by molar-refractivity contribution is 6.30. The first-order valence-corrected chi connectivity index (χ1v) is 6.52. The van der Waals surface area contributed by atoms with Gasteiger partial charge >= 0.3 is 0 Å². The van der Waals surface area contributed by atoms with E-state index in [0.717, 1.165) is 17.9 Å². The first kappa shape index (κ1) is 13.8. The van der Waals surface area contributed by atoms with Crippen LogP contribution in [0.15, 0.2) is 42.7 Å². The summed E-state index contributed by atoms with van der Waals surface area (Å²) >= 11 is 5.77. The minimum absolute atomic E-state index is 0.104. The van der Waals surface area contributed by atoms with E-state index in [1.165, 1.54) is 0 Å². The number of aliphatic hydroxyl groups excluding tert-OH is 1. The lowest BCUT2D eigenvalue weighted by molar-refractivity contribution is 0.232. The number of hydrogen-bond donors (Lipinski definition) is 2. The van der Waals surface area contributed by atoms with Crippen LogP contribution in [0.4, 0.5) is 5.82 Å². The molecule has 2 heterocycles. The zero-order chi connectivity index (χ0) is 13.5. The van der Waals surface area contributed by atoms with Crippen molar-refractivity contribution in [3.8, 4) is 0 Å². The number of hydrogen-bond acceptors (Lipinski definition) is 4. The molecule has 0 aliphatic rings. The summed E-state index contributed by atoms with van der Waals surface area (Å²) in [6, 6.07) is 9.39. The fourth-order valence-corrected chi connectivity index (χ4v) is 1.86. The number of pyridine rings is 2. The Balaban J connectivity index is 1.87. The van der Waals surface area contributed by atoms with E-state index in [9.17, 15) is 5.11 Å². The Labute approximate surface area is 117 Å². The summed E-state index contributed by atoms with van der Waals surface area (Å²) in [6.45, 7) is 0.749. The molecule has 0 aliphatic carbocycles. The molecule has 0 spiro atoms. The molecule has 5 heteroatoms. The summed E-state index contributed by atoms with van der Waals surface area (Å²) < 4.78 is 0. The highest BCUT2D eigenvalue weighted by Gasteiger charge is 2.09. The average Bonchev–Trinajstić information content (AvgIpc) is 2.46. The van der Waals surface area contributed by atoms with E-state index >= 15 is 0 Å². The topological polar surface area (TPSA) is 58.0 Å².